The molecule has 0 saturated carbocycles. The summed E-state index contributed by atoms with van der Waals surface area (Å²) in [5.74, 6) is 14.3. The average molecular weight is 1830 g/mol. The van der Waals surface area contributed by atoms with Crippen LogP contribution in [0.1, 0.15) is 117 Å². The van der Waals surface area contributed by atoms with Gasteiger partial charge in [0.1, 0.15) is 93.2 Å². The molecule has 24 rings (SSSR count). The first-order valence-electron chi connectivity index (χ1n) is 46.1. The second-order valence-electron chi connectivity index (χ2n) is 35.5. The molecule has 0 fully saturated rings. The van der Waals surface area contributed by atoms with Gasteiger partial charge in [-0.15, -0.1) is 0 Å². The zero-order valence-electron chi connectivity index (χ0n) is 79.3. The third-order valence-corrected chi connectivity index (χ3v) is 25.5. The topological polar surface area (TPSA) is 368 Å². The van der Waals surface area contributed by atoms with E-state index in [4.69, 9.17) is 99.7 Å². The Balaban J connectivity index is 0.898. The molecule has 31 heteroatoms. The lowest BCUT2D eigenvalue weighted by atomic mass is 9.94. The molecule has 13 aromatic heterocycles. The number of benzene rings is 10. The molecule has 140 heavy (non-hydrogen) atoms. The van der Waals surface area contributed by atoms with Gasteiger partial charge in [-0.2, -0.15) is 0 Å². The maximum atomic E-state index is 6.42. The Morgan fingerprint density at radius 2 is 0.386 bits per heavy atom. The predicted octanol–water partition coefficient (Wildman–Crippen LogP) is 20.7. The Labute approximate surface area is 800 Å². The summed E-state index contributed by atoms with van der Waals surface area (Å²) < 4.78 is 9.29. The van der Waals surface area contributed by atoms with Crippen LogP contribution in [0.15, 0.2) is 194 Å². The van der Waals surface area contributed by atoms with Crippen LogP contribution in [0.4, 0.5) is 0 Å². The van der Waals surface area contributed by atoms with Gasteiger partial charge in [-0.05, 0) is 208 Å². The molecule has 10 aromatic carbocycles. The van der Waals surface area contributed by atoms with Gasteiger partial charge in [0.15, 0.2) is 64.1 Å². The van der Waals surface area contributed by atoms with Crippen molar-refractivity contribution in [3.63, 3.8) is 0 Å². The number of allylic oxidation sites excluding steroid dienone is 1. The fraction of sp³-hybridized carbons (Fsp3) is 0.165. The number of nitrogens with zero attached hydrogens (tertiary/aromatic N) is 31. The average Bonchev–Trinajstić information content (AvgIpc) is 1.52. The van der Waals surface area contributed by atoms with E-state index in [0.717, 1.165) is 132 Å². The van der Waals surface area contributed by atoms with Crippen LogP contribution in [0.5, 0.6) is 0 Å². The first-order valence-corrected chi connectivity index (χ1v) is 46.1. The zero-order valence-corrected chi connectivity index (χ0v) is 79.3. The Bertz CT molecular complexity index is 8580. The zero-order chi connectivity index (χ0) is 95.6. The van der Waals surface area contributed by atoms with Crippen molar-refractivity contribution in [3.05, 3.63) is 304 Å². The lowest BCUT2D eigenvalue weighted by Gasteiger charge is -2.23. The van der Waals surface area contributed by atoms with E-state index in [1.165, 1.54) is 0 Å². The van der Waals surface area contributed by atoms with Gasteiger partial charge in [-0.25, -0.2) is 135 Å². The summed E-state index contributed by atoms with van der Waals surface area (Å²) in [4.78, 5) is 137. The normalized spacial score (nSPS) is 12.3. The second-order valence-corrected chi connectivity index (χ2v) is 35.5. The summed E-state index contributed by atoms with van der Waals surface area (Å²) in [6.45, 7) is 30.3. The van der Waals surface area contributed by atoms with Crippen LogP contribution in [0, 0.1) is 111 Å². The number of hydrogen-bond acceptors (Lipinski definition) is 27. The quantitative estimate of drug-likeness (QED) is 0.0920. The first kappa shape index (κ1) is 84.9. The lowest BCUT2D eigenvalue weighted by Crippen LogP contribution is -2.11. The highest BCUT2D eigenvalue weighted by atomic mass is 15.1. The Morgan fingerprint density at radius 1 is 0.171 bits per heavy atom. The first-order chi connectivity index (χ1) is 67.8. The van der Waals surface area contributed by atoms with Crippen LogP contribution in [-0.4, -0.2) is 153 Å². The molecule has 1 aliphatic rings. The van der Waals surface area contributed by atoms with Crippen LogP contribution in [-0.2, 0) is 6.42 Å². The minimum atomic E-state index is 0.266. The Morgan fingerprint density at radius 3 is 0.643 bits per heavy atom. The van der Waals surface area contributed by atoms with Crippen molar-refractivity contribution in [1.29, 1.82) is 0 Å². The standard InChI is InChI=1S/C109H85N31/c1-52-110-53(2)119-100(118-52)69-28-36-77-78-37-29-70(101-120-54(3)111-55(4)121-101)45-90(78)137(89(77)44-69)85-24-20-25-86(138-91-46-71(102-122-56(5)112-57(6)123-102)30-38-79(91)80-39-31-72(47-92(80)138)103-124-58(7)113-59(8)125-103)97(85)108-134-99(68-22-18-17-19-23-68)135-109(136-108)98-87(139-93-48-73(104-126-60(9)114-61(10)127-104)32-40-81(93)82-41-33-74(49-94(82)139)105-128-62(11)115-63(12)129-105)26-21-27-88(98)140-95-50-75(106-130-64(13)116-65(14)131-106)34-42-83(95)84-43-35-76(51-96(84)140)107-132-66(15)117-67(16)133-107/h17-34,36-42,44-51H,35,43H2,1-16H3. The number of aromatic nitrogens is 31. The van der Waals surface area contributed by atoms with Gasteiger partial charge in [0.25, 0.3) is 0 Å². The van der Waals surface area contributed by atoms with Gasteiger partial charge in [-0.3, -0.25) is 0 Å². The predicted molar refractivity (Wildman–Crippen MR) is 540 cm³/mol. The van der Waals surface area contributed by atoms with Gasteiger partial charge in [0.2, 0.25) is 0 Å². The smallest absolute Gasteiger partial charge is 0.168 e. The van der Waals surface area contributed by atoms with Crippen molar-refractivity contribution < 1.29 is 0 Å². The summed E-state index contributed by atoms with van der Waals surface area (Å²) in [5, 5.41) is 6.49. The SMILES string of the molecule is Cc1nc(C)nc(C2=Cc3c(c4ccc(-c5nc(C)nc(C)n5)cc4n3-c3cccc(-n4c5cc(-c6nc(C)nc(C)n6)ccc5c5ccc(-c6nc(C)nc(C)n6)cc54)c3-c3nc(-c4ccccc4)nc(-c4c(-n5c6cc(-c7nc(C)nc(C)n7)ccc6c6ccc(-c7nc(C)nc(C)n7)cc65)cccc4-n4c5cc(-c6nc(C)nc(C)n6)ccc5c5ccc(-c6nc(C)nc(C)n6)cc54)n3)CC2)n1. The van der Waals surface area contributed by atoms with E-state index in [9.17, 15) is 0 Å². The molecule has 0 atom stereocenters. The highest BCUT2D eigenvalue weighted by molar-refractivity contribution is 6.15. The van der Waals surface area contributed by atoms with Crippen molar-refractivity contribution >= 4 is 88.0 Å². The van der Waals surface area contributed by atoms with Gasteiger partial charge in [0.05, 0.1) is 78.2 Å². The van der Waals surface area contributed by atoms with E-state index in [2.05, 4.69) is 223 Å². The van der Waals surface area contributed by atoms with Crippen LogP contribution in [0.3, 0.4) is 0 Å². The Kier molecular flexibility index (Phi) is 20.0. The largest absolute Gasteiger partial charge is 0.309 e. The summed E-state index contributed by atoms with van der Waals surface area (Å²) >= 11 is 0. The molecular weight excluding hydrogens is 1740 g/mol. The molecule has 0 N–H and O–H groups in total. The van der Waals surface area contributed by atoms with Crippen molar-refractivity contribution in [2.24, 2.45) is 0 Å². The minimum absolute atomic E-state index is 0.266. The molecule has 0 amide bonds. The van der Waals surface area contributed by atoms with Crippen molar-refractivity contribution in [1.82, 2.24) is 153 Å². The molecule has 0 unspecified atom stereocenters. The van der Waals surface area contributed by atoms with Gasteiger partial charge in [0, 0.05) is 82.2 Å². The molecule has 0 spiro atoms. The maximum absolute atomic E-state index is 6.42. The number of fused-ring (bicyclic) bond motifs is 12. The van der Waals surface area contributed by atoms with E-state index in [1.807, 2.05) is 141 Å². The second kappa shape index (κ2) is 32.9. The van der Waals surface area contributed by atoms with E-state index < -0.39 is 0 Å². The molecule has 0 radical (unpaired) electrons. The molecule has 1 aliphatic carbocycles. The van der Waals surface area contributed by atoms with Gasteiger partial charge < -0.3 is 18.3 Å². The van der Waals surface area contributed by atoms with Crippen LogP contribution in [0.2, 0.25) is 0 Å². The van der Waals surface area contributed by atoms with Crippen LogP contribution >= 0.6 is 0 Å². The summed E-state index contributed by atoms with van der Waals surface area (Å²) in [5.41, 5.74) is 18.2. The van der Waals surface area contributed by atoms with E-state index in [0.29, 0.717) is 198 Å². The van der Waals surface area contributed by atoms with E-state index >= 15 is 0 Å². The molecule has 0 bridgehead atoms. The lowest BCUT2D eigenvalue weighted by molar-refractivity contribution is 0.880. The van der Waals surface area contributed by atoms with Crippen LogP contribution in [0.25, 0.3) is 225 Å². The molecule has 676 valence electrons. The number of hydrogen-bond donors (Lipinski definition) is 0. The fourth-order valence-electron chi connectivity index (χ4n) is 20.1. The number of rotatable bonds is 15. The fourth-order valence-corrected chi connectivity index (χ4v) is 20.1. The monoisotopic (exact) mass is 1830 g/mol. The molecule has 23 aromatic rings. The highest BCUT2D eigenvalue weighted by Gasteiger charge is 2.34. The molecule has 13 heterocycles. The van der Waals surface area contributed by atoms with Crippen LogP contribution < -0.4 is 0 Å². The Hall–Kier alpha value is -18.0. The molecule has 31 nitrogen and oxygen atoms in total. The summed E-state index contributed by atoms with van der Waals surface area (Å²) in [6.07, 6.45) is 3.47. The van der Waals surface area contributed by atoms with Gasteiger partial charge in [-0.1, -0.05) is 127 Å². The van der Waals surface area contributed by atoms with Crippen molar-refractivity contribution in [3.8, 4) is 137 Å². The van der Waals surface area contributed by atoms with Crippen molar-refractivity contribution in [2.75, 3.05) is 0 Å². The molecule has 0 aliphatic heterocycles. The number of aryl methyl sites for hydroxylation is 17. The molecular formula is C109H85N31. The third-order valence-electron chi connectivity index (χ3n) is 25.5. The maximum Gasteiger partial charge on any atom is 0.168 e. The van der Waals surface area contributed by atoms with E-state index in [-0.39, 0.29) is 11.6 Å². The van der Waals surface area contributed by atoms with Crippen molar-refractivity contribution in [2.45, 2.75) is 124 Å². The van der Waals surface area contributed by atoms with E-state index in [1.54, 1.807) is 0 Å². The molecule has 0 saturated heterocycles. The third kappa shape index (κ3) is 14.9. The summed E-state index contributed by atoms with van der Waals surface area (Å²) in [6, 6.07) is 67.9. The van der Waals surface area contributed by atoms with Gasteiger partial charge >= 0.3 is 0 Å². The highest BCUT2D eigenvalue weighted by Crippen LogP contribution is 2.50. The minimum Gasteiger partial charge on any atom is -0.309 e. The summed E-state index contributed by atoms with van der Waals surface area (Å²) in [7, 11) is 0.